The van der Waals surface area contributed by atoms with Crippen molar-refractivity contribution in [3.05, 3.63) is 0 Å². The van der Waals surface area contributed by atoms with E-state index in [0.717, 1.165) is 30.8 Å². The minimum atomic E-state index is 0.371. The Morgan fingerprint density at radius 1 is 1.00 bits per heavy atom. The van der Waals surface area contributed by atoms with E-state index in [1.807, 2.05) is 0 Å². The number of piperidine rings is 2. The summed E-state index contributed by atoms with van der Waals surface area (Å²) < 4.78 is 0. The quantitative estimate of drug-likeness (QED) is 0.561. The molecule has 2 heterocycles. The first-order valence-electron chi connectivity index (χ1n) is 5.96. The van der Waals surface area contributed by atoms with Crippen molar-refractivity contribution in [2.45, 2.75) is 25.8 Å². The molecule has 0 radical (unpaired) electrons. The highest BCUT2D eigenvalue weighted by molar-refractivity contribution is 4.90. The van der Waals surface area contributed by atoms with Gasteiger partial charge in [0.1, 0.15) is 0 Å². The van der Waals surface area contributed by atoms with Crippen LogP contribution in [0.1, 0.15) is 19.8 Å². The van der Waals surface area contributed by atoms with E-state index in [1.165, 1.54) is 25.9 Å². The van der Waals surface area contributed by atoms with Crippen LogP contribution in [0.3, 0.4) is 0 Å². The second-order valence-corrected chi connectivity index (χ2v) is 4.95. The van der Waals surface area contributed by atoms with Gasteiger partial charge in [-0.15, -0.1) is 0 Å². The molecule has 2 aliphatic heterocycles. The second kappa shape index (κ2) is 4.60. The standard InChI is InChI=1S/C11H23N3/c1-8-2-4-13-6-10(8)9-3-5-14-7-11(9)12/h8-11,13-14H,2-7,12H2,1H3. The average Bonchev–Trinajstić information content (AvgIpc) is 2.20. The van der Waals surface area contributed by atoms with Gasteiger partial charge in [0.2, 0.25) is 0 Å². The molecule has 0 aromatic rings. The Morgan fingerprint density at radius 2 is 1.71 bits per heavy atom. The summed E-state index contributed by atoms with van der Waals surface area (Å²) in [6.45, 7) is 6.92. The number of rotatable bonds is 1. The monoisotopic (exact) mass is 197 g/mol. The van der Waals surface area contributed by atoms with Crippen LogP contribution in [0, 0.1) is 17.8 Å². The first-order chi connectivity index (χ1) is 6.79. The summed E-state index contributed by atoms with van der Waals surface area (Å²) in [6, 6.07) is 0.371. The van der Waals surface area contributed by atoms with Crippen molar-refractivity contribution in [3.8, 4) is 0 Å². The number of nitrogens with one attached hydrogen (secondary N) is 2. The molecule has 0 bridgehead atoms. The molecular formula is C11H23N3. The van der Waals surface area contributed by atoms with E-state index >= 15 is 0 Å². The third-order valence-electron chi connectivity index (χ3n) is 4.02. The van der Waals surface area contributed by atoms with Crippen molar-refractivity contribution in [2.24, 2.45) is 23.5 Å². The normalized spacial score (nSPS) is 45.0. The second-order valence-electron chi connectivity index (χ2n) is 4.95. The lowest BCUT2D eigenvalue weighted by molar-refractivity contribution is 0.141. The lowest BCUT2D eigenvalue weighted by Gasteiger charge is -2.41. The Labute approximate surface area is 86.8 Å². The molecule has 3 nitrogen and oxygen atoms in total. The van der Waals surface area contributed by atoms with Gasteiger partial charge in [-0.25, -0.2) is 0 Å². The molecule has 0 aromatic heterocycles. The van der Waals surface area contributed by atoms with Gasteiger partial charge in [-0.05, 0) is 50.2 Å². The Balaban J connectivity index is 1.96. The molecular weight excluding hydrogens is 174 g/mol. The summed E-state index contributed by atoms with van der Waals surface area (Å²) in [4.78, 5) is 0. The maximum atomic E-state index is 6.18. The van der Waals surface area contributed by atoms with Crippen molar-refractivity contribution in [3.63, 3.8) is 0 Å². The van der Waals surface area contributed by atoms with Gasteiger partial charge >= 0.3 is 0 Å². The van der Waals surface area contributed by atoms with Gasteiger partial charge in [0.15, 0.2) is 0 Å². The van der Waals surface area contributed by atoms with Crippen molar-refractivity contribution in [1.29, 1.82) is 0 Å². The van der Waals surface area contributed by atoms with E-state index in [1.54, 1.807) is 0 Å². The molecule has 4 N–H and O–H groups in total. The first-order valence-corrected chi connectivity index (χ1v) is 5.96. The lowest BCUT2D eigenvalue weighted by atomic mass is 9.73. The summed E-state index contributed by atoms with van der Waals surface area (Å²) in [7, 11) is 0. The minimum Gasteiger partial charge on any atom is -0.326 e. The van der Waals surface area contributed by atoms with Crippen LogP contribution in [0.4, 0.5) is 0 Å². The zero-order valence-electron chi connectivity index (χ0n) is 9.13. The molecule has 4 unspecified atom stereocenters. The fraction of sp³-hybridized carbons (Fsp3) is 1.00. The summed E-state index contributed by atoms with van der Waals surface area (Å²) in [6.07, 6.45) is 2.58. The Morgan fingerprint density at radius 3 is 2.43 bits per heavy atom. The van der Waals surface area contributed by atoms with E-state index in [4.69, 9.17) is 5.73 Å². The van der Waals surface area contributed by atoms with E-state index in [0.29, 0.717) is 6.04 Å². The molecule has 0 spiro atoms. The van der Waals surface area contributed by atoms with Crippen LogP contribution in [-0.2, 0) is 0 Å². The largest absolute Gasteiger partial charge is 0.326 e. The smallest absolute Gasteiger partial charge is 0.0197 e. The van der Waals surface area contributed by atoms with E-state index in [2.05, 4.69) is 17.6 Å². The van der Waals surface area contributed by atoms with Gasteiger partial charge in [-0.1, -0.05) is 6.92 Å². The van der Waals surface area contributed by atoms with Crippen molar-refractivity contribution in [1.82, 2.24) is 10.6 Å². The van der Waals surface area contributed by atoms with Crippen LogP contribution in [0.5, 0.6) is 0 Å². The van der Waals surface area contributed by atoms with E-state index < -0.39 is 0 Å². The third kappa shape index (κ3) is 2.10. The molecule has 0 aromatic carbocycles. The molecule has 14 heavy (non-hydrogen) atoms. The predicted molar refractivity (Wildman–Crippen MR) is 59.1 cm³/mol. The topological polar surface area (TPSA) is 50.1 Å². The lowest BCUT2D eigenvalue weighted by Crippen LogP contribution is -2.53. The van der Waals surface area contributed by atoms with Gasteiger partial charge in [-0.2, -0.15) is 0 Å². The fourth-order valence-electron chi connectivity index (χ4n) is 3.02. The SMILES string of the molecule is CC1CCNCC1C1CCNCC1N. The molecule has 3 heteroatoms. The minimum absolute atomic E-state index is 0.371. The summed E-state index contributed by atoms with van der Waals surface area (Å²) in [5.41, 5.74) is 6.18. The number of hydrogen-bond donors (Lipinski definition) is 3. The highest BCUT2D eigenvalue weighted by Gasteiger charge is 2.33. The van der Waals surface area contributed by atoms with Crippen molar-refractivity contribution in [2.75, 3.05) is 26.2 Å². The van der Waals surface area contributed by atoms with Crippen LogP contribution in [0.25, 0.3) is 0 Å². The summed E-state index contributed by atoms with van der Waals surface area (Å²) >= 11 is 0. The average molecular weight is 197 g/mol. The van der Waals surface area contributed by atoms with Gasteiger partial charge in [0.05, 0.1) is 0 Å². The third-order valence-corrected chi connectivity index (χ3v) is 4.02. The number of nitrogens with two attached hydrogens (primary N) is 1. The Bertz CT molecular complexity index is 163. The van der Waals surface area contributed by atoms with Crippen LogP contribution in [0.2, 0.25) is 0 Å². The zero-order chi connectivity index (χ0) is 9.97. The number of hydrogen-bond acceptors (Lipinski definition) is 3. The van der Waals surface area contributed by atoms with Gasteiger partial charge in [0.25, 0.3) is 0 Å². The zero-order valence-corrected chi connectivity index (χ0v) is 9.13. The molecule has 82 valence electrons. The highest BCUT2D eigenvalue weighted by atomic mass is 14.9. The molecule has 2 aliphatic rings. The van der Waals surface area contributed by atoms with Crippen LogP contribution in [-0.4, -0.2) is 32.2 Å². The summed E-state index contributed by atoms with van der Waals surface area (Å²) in [5.74, 6) is 2.39. The fourth-order valence-corrected chi connectivity index (χ4v) is 3.02. The van der Waals surface area contributed by atoms with Crippen molar-refractivity contribution < 1.29 is 0 Å². The van der Waals surface area contributed by atoms with Gasteiger partial charge in [0, 0.05) is 12.6 Å². The predicted octanol–water partition coefficient (Wildman–Crippen LogP) is 0.169. The Kier molecular flexibility index (Phi) is 3.42. The van der Waals surface area contributed by atoms with Crippen LogP contribution < -0.4 is 16.4 Å². The molecule has 0 amide bonds. The van der Waals surface area contributed by atoms with E-state index in [-0.39, 0.29) is 0 Å². The highest BCUT2D eigenvalue weighted by Crippen LogP contribution is 2.30. The first kappa shape index (κ1) is 10.4. The van der Waals surface area contributed by atoms with Crippen molar-refractivity contribution >= 4 is 0 Å². The molecule has 0 saturated carbocycles. The van der Waals surface area contributed by atoms with Gasteiger partial charge < -0.3 is 16.4 Å². The molecule has 0 aliphatic carbocycles. The Hall–Kier alpha value is -0.120. The van der Waals surface area contributed by atoms with Crippen LogP contribution in [0.15, 0.2) is 0 Å². The maximum Gasteiger partial charge on any atom is 0.0197 e. The molecule has 2 saturated heterocycles. The summed E-state index contributed by atoms with van der Waals surface area (Å²) in [5, 5.41) is 6.88. The van der Waals surface area contributed by atoms with Crippen LogP contribution >= 0.6 is 0 Å². The van der Waals surface area contributed by atoms with E-state index in [9.17, 15) is 0 Å². The molecule has 4 atom stereocenters. The molecule has 2 fully saturated rings. The maximum absolute atomic E-state index is 6.18. The van der Waals surface area contributed by atoms with Gasteiger partial charge in [-0.3, -0.25) is 0 Å². The molecule has 2 rings (SSSR count).